The summed E-state index contributed by atoms with van der Waals surface area (Å²) < 4.78 is 0. The second kappa shape index (κ2) is 2.92. The summed E-state index contributed by atoms with van der Waals surface area (Å²) in [4.78, 5) is 1.42. The summed E-state index contributed by atoms with van der Waals surface area (Å²) in [6.07, 6.45) is 0. The molecule has 0 aromatic heterocycles. The van der Waals surface area contributed by atoms with Crippen molar-refractivity contribution >= 4 is 33.2 Å². The molecule has 0 N–H and O–H groups in total. The molecule has 0 amide bonds. The molecule has 0 radical (unpaired) electrons. The van der Waals surface area contributed by atoms with E-state index in [1.807, 2.05) is 27.7 Å². The zero-order chi connectivity index (χ0) is 7.84. The van der Waals surface area contributed by atoms with Crippen LogP contribution in [0.4, 0.5) is 0 Å². The van der Waals surface area contributed by atoms with Crippen molar-refractivity contribution in [3.63, 3.8) is 0 Å². The summed E-state index contributed by atoms with van der Waals surface area (Å²) >= 11 is 5.91. The molecule has 2 rings (SSSR count). The minimum Gasteiger partial charge on any atom is -0.0843 e. The summed E-state index contributed by atoms with van der Waals surface area (Å²) in [5.74, 6) is 1.10. The van der Waals surface area contributed by atoms with Crippen molar-refractivity contribution in [2.45, 2.75) is 17.6 Å². The lowest BCUT2D eigenvalue weighted by Crippen LogP contribution is -1.82. The van der Waals surface area contributed by atoms with Crippen LogP contribution in [0.25, 0.3) is 0 Å². The fraction of sp³-hybridized carbons (Fsp3) is 0.250. The van der Waals surface area contributed by atoms with E-state index in [9.17, 15) is 0 Å². The number of fused-ring (bicyclic) bond motifs is 1. The van der Waals surface area contributed by atoms with Gasteiger partial charge in [0.15, 0.2) is 0 Å². The van der Waals surface area contributed by atoms with Gasteiger partial charge in [-0.1, -0.05) is 33.2 Å². The summed E-state index contributed by atoms with van der Waals surface area (Å²) in [6, 6.07) is 4.09. The van der Waals surface area contributed by atoms with Gasteiger partial charge >= 0.3 is 0 Å². The Morgan fingerprint density at radius 3 is 3.09 bits per heavy atom. The molecule has 1 aromatic carbocycles. The molecule has 0 fully saturated rings. The average molecular weight is 203 g/mol. The molecule has 1 aliphatic rings. The summed E-state index contributed by atoms with van der Waals surface area (Å²) in [7, 11) is 3.74. The number of hydrogen-bond donors (Lipinski definition) is 0. The number of benzene rings is 1. The molecule has 0 nitrogen and oxygen atoms in total. The summed E-state index contributed by atoms with van der Waals surface area (Å²) in [5.41, 5.74) is 2.70. The van der Waals surface area contributed by atoms with Crippen LogP contribution in [0.1, 0.15) is 11.1 Å². The second-order valence-corrected chi connectivity index (χ2v) is 5.30. The highest BCUT2D eigenvalue weighted by atomic mass is 35.5. The lowest BCUT2D eigenvalue weighted by atomic mass is 10.1. The Balaban J connectivity index is 2.60. The van der Waals surface area contributed by atoms with E-state index >= 15 is 0 Å². The maximum absolute atomic E-state index is 5.91. The largest absolute Gasteiger partial charge is 0.0843 e. The first-order valence-electron chi connectivity index (χ1n) is 3.36. The molecule has 58 valence electrons. The Bertz CT molecular complexity index is 296. The van der Waals surface area contributed by atoms with E-state index in [4.69, 9.17) is 11.6 Å². The van der Waals surface area contributed by atoms with Crippen LogP contribution in [0.15, 0.2) is 17.0 Å². The first-order chi connectivity index (χ1) is 5.27. The van der Waals surface area contributed by atoms with Crippen LogP contribution in [0, 0.1) is 6.92 Å². The number of hydrogen-bond acceptors (Lipinski definition) is 2. The monoisotopic (exact) mass is 202 g/mol. The van der Waals surface area contributed by atoms with Crippen LogP contribution in [-0.2, 0) is 5.75 Å². The van der Waals surface area contributed by atoms with Crippen LogP contribution >= 0.6 is 33.2 Å². The average Bonchev–Trinajstić information content (AvgIpc) is 2.34. The molecule has 11 heavy (non-hydrogen) atoms. The van der Waals surface area contributed by atoms with E-state index in [1.165, 1.54) is 16.0 Å². The molecule has 0 saturated heterocycles. The van der Waals surface area contributed by atoms with Gasteiger partial charge in [0.05, 0.1) is 0 Å². The van der Waals surface area contributed by atoms with Crippen molar-refractivity contribution in [2.24, 2.45) is 0 Å². The molecule has 0 atom stereocenters. The van der Waals surface area contributed by atoms with Gasteiger partial charge in [-0.2, -0.15) is 0 Å². The highest BCUT2D eigenvalue weighted by molar-refractivity contribution is 8.76. The number of halogens is 1. The fourth-order valence-corrected chi connectivity index (χ4v) is 4.15. The van der Waals surface area contributed by atoms with Gasteiger partial charge in [0.1, 0.15) is 0 Å². The maximum atomic E-state index is 5.91. The standard InChI is InChI=1S/C8H7ClS2/c1-5-2-7(9)3-6-4-10-11-8(5)6/h2-3H,4H2,1H3. The molecule has 1 aromatic rings. The van der Waals surface area contributed by atoms with E-state index in [0.29, 0.717) is 0 Å². The Morgan fingerprint density at radius 1 is 1.45 bits per heavy atom. The highest BCUT2D eigenvalue weighted by Crippen LogP contribution is 2.46. The molecule has 0 saturated carbocycles. The number of rotatable bonds is 0. The van der Waals surface area contributed by atoms with Gasteiger partial charge in [0.2, 0.25) is 0 Å². The lowest BCUT2D eigenvalue weighted by molar-refractivity contribution is 1.22. The third-order valence-electron chi connectivity index (χ3n) is 1.67. The smallest absolute Gasteiger partial charge is 0.0412 e. The SMILES string of the molecule is Cc1cc(Cl)cc2c1SSC2. The van der Waals surface area contributed by atoms with Gasteiger partial charge in [0.25, 0.3) is 0 Å². The van der Waals surface area contributed by atoms with Gasteiger partial charge < -0.3 is 0 Å². The van der Waals surface area contributed by atoms with Crippen molar-refractivity contribution < 1.29 is 0 Å². The van der Waals surface area contributed by atoms with Crippen molar-refractivity contribution in [3.05, 3.63) is 28.3 Å². The first-order valence-corrected chi connectivity index (χ1v) is 6.05. The third-order valence-corrected chi connectivity index (χ3v) is 4.40. The van der Waals surface area contributed by atoms with Crippen LogP contribution in [0.3, 0.4) is 0 Å². The Kier molecular flexibility index (Phi) is 2.08. The van der Waals surface area contributed by atoms with Gasteiger partial charge in [-0.3, -0.25) is 0 Å². The zero-order valence-corrected chi connectivity index (χ0v) is 8.45. The van der Waals surface area contributed by atoms with E-state index in [2.05, 4.69) is 13.0 Å². The lowest BCUT2D eigenvalue weighted by Gasteiger charge is -2.01. The Labute approximate surface area is 79.1 Å². The second-order valence-electron chi connectivity index (χ2n) is 2.56. The van der Waals surface area contributed by atoms with Gasteiger partial charge in [-0.15, -0.1) is 0 Å². The van der Waals surface area contributed by atoms with Gasteiger partial charge in [0, 0.05) is 15.7 Å². The molecule has 1 heterocycles. The maximum Gasteiger partial charge on any atom is 0.0412 e. The van der Waals surface area contributed by atoms with Crippen molar-refractivity contribution in [1.82, 2.24) is 0 Å². The predicted octanol–water partition coefficient (Wildman–Crippen LogP) is 3.90. The minimum atomic E-state index is 0.865. The Hall–Kier alpha value is 0.210. The van der Waals surface area contributed by atoms with Gasteiger partial charge in [-0.05, 0) is 30.2 Å². The van der Waals surface area contributed by atoms with E-state index < -0.39 is 0 Å². The molecule has 0 spiro atoms. The van der Waals surface area contributed by atoms with Gasteiger partial charge in [-0.25, -0.2) is 0 Å². The zero-order valence-electron chi connectivity index (χ0n) is 6.06. The molecule has 1 aliphatic heterocycles. The molecule has 0 unspecified atom stereocenters. The number of aryl methyl sites for hydroxylation is 1. The van der Waals surface area contributed by atoms with Crippen molar-refractivity contribution in [1.29, 1.82) is 0 Å². The van der Waals surface area contributed by atoms with Crippen LogP contribution in [0.2, 0.25) is 5.02 Å². The van der Waals surface area contributed by atoms with E-state index in [0.717, 1.165) is 10.8 Å². The third kappa shape index (κ3) is 1.40. The first kappa shape index (κ1) is 7.84. The van der Waals surface area contributed by atoms with E-state index in [-0.39, 0.29) is 0 Å². The topological polar surface area (TPSA) is 0 Å². The van der Waals surface area contributed by atoms with Crippen LogP contribution in [0.5, 0.6) is 0 Å². The molecule has 0 aliphatic carbocycles. The van der Waals surface area contributed by atoms with Crippen molar-refractivity contribution in [3.8, 4) is 0 Å². The molecule has 3 heteroatoms. The summed E-state index contributed by atoms with van der Waals surface area (Å²) in [6.45, 7) is 2.11. The predicted molar refractivity (Wildman–Crippen MR) is 53.3 cm³/mol. The fourth-order valence-electron chi connectivity index (χ4n) is 1.18. The van der Waals surface area contributed by atoms with Crippen LogP contribution < -0.4 is 0 Å². The molecular formula is C8H7ClS2. The normalized spacial score (nSPS) is 15.1. The van der Waals surface area contributed by atoms with Crippen LogP contribution in [-0.4, -0.2) is 0 Å². The van der Waals surface area contributed by atoms with E-state index in [1.54, 1.807) is 0 Å². The Morgan fingerprint density at radius 2 is 2.27 bits per heavy atom. The molecule has 0 bridgehead atoms. The van der Waals surface area contributed by atoms with Crippen molar-refractivity contribution in [2.75, 3.05) is 0 Å². The quantitative estimate of drug-likeness (QED) is 0.586. The summed E-state index contributed by atoms with van der Waals surface area (Å²) in [5, 5.41) is 0.865. The minimum absolute atomic E-state index is 0.865. The molecular weight excluding hydrogens is 196 g/mol. The highest BCUT2D eigenvalue weighted by Gasteiger charge is 2.14.